The highest BCUT2D eigenvalue weighted by Crippen LogP contribution is 2.38. The number of anilines is 1. The fraction of sp³-hybridized carbons (Fsp3) is 0.250. The molecule has 0 bridgehead atoms. The first kappa shape index (κ1) is 19.6. The molecular formula is C16H18Cl3N3O. The third-order valence-electron chi connectivity index (χ3n) is 2.87. The number of nitrogens with one attached hydrogen (secondary N) is 2. The number of carbonyl (C=O) groups is 1. The second-order valence-electron chi connectivity index (χ2n) is 4.17. The van der Waals surface area contributed by atoms with Gasteiger partial charge < -0.3 is 10.6 Å². The molecule has 0 fully saturated rings. The molecule has 2 rings (SSSR count). The molecule has 4 nitrogen and oxygen atoms in total. The first-order valence-corrected chi connectivity index (χ1v) is 8.17. The summed E-state index contributed by atoms with van der Waals surface area (Å²) in [5.74, 6) is 0.240. The van der Waals surface area contributed by atoms with Crippen molar-refractivity contribution in [3.05, 3.63) is 45.0 Å². The zero-order valence-electron chi connectivity index (χ0n) is 13.3. The Morgan fingerprint density at radius 2 is 1.70 bits per heavy atom. The minimum Gasteiger partial charge on any atom is -0.373 e. The van der Waals surface area contributed by atoms with E-state index in [1.54, 1.807) is 38.4 Å². The molecule has 0 unspecified atom stereocenters. The van der Waals surface area contributed by atoms with Gasteiger partial charge in [0.2, 0.25) is 0 Å². The summed E-state index contributed by atoms with van der Waals surface area (Å²) >= 11 is 18.3. The maximum absolute atomic E-state index is 11.6. The lowest BCUT2D eigenvalue weighted by atomic mass is 10.1. The van der Waals surface area contributed by atoms with Gasteiger partial charge in [-0.05, 0) is 24.3 Å². The Hall–Kier alpha value is -1.49. The number of benzene rings is 1. The van der Waals surface area contributed by atoms with Crippen molar-refractivity contribution >= 4 is 46.5 Å². The molecule has 0 aliphatic rings. The average Bonchev–Trinajstić information content (AvgIpc) is 2.58. The van der Waals surface area contributed by atoms with Gasteiger partial charge in [0.25, 0.3) is 5.91 Å². The summed E-state index contributed by atoms with van der Waals surface area (Å²) in [5.41, 5.74) is 1.66. The van der Waals surface area contributed by atoms with Crippen LogP contribution in [0.25, 0.3) is 11.1 Å². The van der Waals surface area contributed by atoms with Gasteiger partial charge >= 0.3 is 0 Å². The van der Waals surface area contributed by atoms with Crippen molar-refractivity contribution in [1.29, 1.82) is 0 Å². The Bertz CT molecular complexity index is 705. The van der Waals surface area contributed by atoms with Crippen molar-refractivity contribution in [2.45, 2.75) is 13.8 Å². The van der Waals surface area contributed by atoms with Crippen LogP contribution in [0.2, 0.25) is 15.1 Å². The minimum absolute atomic E-state index is 0.270. The van der Waals surface area contributed by atoms with E-state index in [2.05, 4.69) is 15.6 Å². The molecule has 124 valence electrons. The van der Waals surface area contributed by atoms with Gasteiger partial charge in [-0.1, -0.05) is 48.7 Å². The fourth-order valence-corrected chi connectivity index (χ4v) is 2.58. The molecule has 0 saturated heterocycles. The summed E-state index contributed by atoms with van der Waals surface area (Å²) in [7, 11) is 3.25. The maximum Gasteiger partial charge on any atom is 0.269 e. The van der Waals surface area contributed by atoms with Crippen molar-refractivity contribution in [2.24, 2.45) is 0 Å². The van der Waals surface area contributed by atoms with Gasteiger partial charge in [0.1, 0.15) is 11.5 Å². The lowest BCUT2D eigenvalue weighted by Crippen LogP contribution is -2.19. The molecule has 0 aliphatic heterocycles. The number of aromatic nitrogens is 1. The Balaban J connectivity index is 0.00000127. The summed E-state index contributed by atoms with van der Waals surface area (Å²) in [6, 6.07) is 6.63. The minimum atomic E-state index is -0.270. The quantitative estimate of drug-likeness (QED) is 0.732. The lowest BCUT2D eigenvalue weighted by molar-refractivity contribution is 0.0958. The summed E-state index contributed by atoms with van der Waals surface area (Å²) in [4.78, 5) is 15.9. The van der Waals surface area contributed by atoms with Gasteiger partial charge in [-0.2, -0.15) is 0 Å². The second kappa shape index (κ2) is 8.96. The number of hydrogen-bond donors (Lipinski definition) is 2. The van der Waals surface area contributed by atoms with Gasteiger partial charge in [-0.3, -0.25) is 4.79 Å². The van der Waals surface area contributed by atoms with Gasteiger partial charge in [-0.15, -0.1) is 0 Å². The van der Waals surface area contributed by atoms with E-state index in [1.807, 2.05) is 13.8 Å². The van der Waals surface area contributed by atoms with Gasteiger partial charge in [-0.25, -0.2) is 4.98 Å². The van der Waals surface area contributed by atoms with Crippen LogP contribution < -0.4 is 10.6 Å². The molecule has 1 amide bonds. The number of carbonyl (C=O) groups excluding carboxylic acids is 1. The number of rotatable bonds is 3. The highest BCUT2D eigenvalue weighted by Gasteiger charge is 2.15. The molecule has 1 aromatic heterocycles. The predicted octanol–water partition coefficient (Wildman–Crippen LogP) is 5.14. The zero-order valence-corrected chi connectivity index (χ0v) is 15.6. The highest BCUT2D eigenvalue weighted by atomic mass is 35.5. The van der Waals surface area contributed by atoms with E-state index >= 15 is 0 Å². The van der Waals surface area contributed by atoms with E-state index < -0.39 is 0 Å². The lowest BCUT2D eigenvalue weighted by Gasteiger charge is -2.12. The van der Waals surface area contributed by atoms with Gasteiger partial charge in [0.05, 0.1) is 10.0 Å². The van der Waals surface area contributed by atoms with Crippen LogP contribution >= 0.6 is 34.8 Å². The van der Waals surface area contributed by atoms with Crippen LogP contribution in [0.15, 0.2) is 24.3 Å². The Morgan fingerprint density at radius 3 is 2.26 bits per heavy atom. The number of hydrogen-bond acceptors (Lipinski definition) is 3. The predicted molar refractivity (Wildman–Crippen MR) is 99.0 cm³/mol. The van der Waals surface area contributed by atoms with Crippen LogP contribution in [0.4, 0.5) is 5.82 Å². The van der Waals surface area contributed by atoms with E-state index in [-0.39, 0.29) is 5.91 Å². The molecule has 23 heavy (non-hydrogen) atoms. The van der Waals surface area contributed by atoms with Crippen molar-refractivity contribution in [2.75, 3.05) is 19.4 Å². The largest absolute Gasteiger partial charge is 0.373 e. The molecule has 1 heterocycles. The molecule has 0 saturated carbocycles. The molecule has 7 heteroatoms. The maximum atomic E-state index is 11.6. The van der Waals surface area contributed by atoms with Crippen molar-refractivity contribution in [1.82, 2.24) is 10.3 Å². The van der Waals surface area contributed by atoms with Crippen LogP contribution in [0.1, 0.15) is 24.3 Å². The molecule has 2 N–H and O–H groups in total. The number of pyridine rings is 1. The van der Waals surface area contributed by atoms with E-state index in [4.69, 9.17) is 34.8 Å². The third-order valence-corrected chi connectivity index (χ3v) is 3.90. The first-order chi connectivity index (χ1) is 11.0. The van der Waals surface area contributed by atoms with Crippen LogP contribution in [-0.4, -0.2) is 25.0 Å². The van der Waals surface area contributed by atoms with Crippen LogP contribution in [0.3, 0.4) is 0 Å². The summed E-state index contributed by atoms with van der Waals surface area (Å²) in [6.45, 7) is 4.00. The van der Waals surface area contributed by atoms with Gasteiger partial charge in [0.15, 0.2) is 0 Å². The molecule has 0 radical (unpaired) electrons. The smallest absolute Gasteiger partial charge is 0.269 e. The van der Waals surface area contributed by atoms with Crippen LogP contribution in [-0.2, 0) is 0 Å². The SMILES string of the molecule is CC.CNC(=O)c1ccc(-c2cc(Cl)cc(Cl)c2Cl)c(NC)n1. The second-order valence-corrected chi connectivity index (χ2v) is 5.39. The normalized spacial score (nSPS) is 9.70. The van der Waals surface area contributed by atoms with E-state index in [0.29, 0.717) is 37.7 Å². The highest BCUT2D eigenvalue weighted by molar-refractivity contribution is 6.45. The first-order valence-electron chi connectivity index (χ1n) is 7.03. The third kappa shape index (κ3) is 4.50. The van der Waals surface area contributed by atoms with Crippen molar-refractivity contribution < 1.29 is 4.79 Å². The van der Waals surface area contributed by atoms with E-state index in [9.17, 15) is 4.79 Å². The Labute approximate surface area is 151 Å². The topological polar surface area (TPSA) is 54.0 Å². The van der Waals surface area contributed by atoms with Crippen LogP contribution in [0.5, 0.6) is 0 Å². The van der Waals surface area contributed by atoms with E-state index in [0.717, 1.165) is 0 Å². The number of halogens is 3. The summed E-state index contributed by atoms with van der Waals surface area (Å²) < 4.78 is 0. The van der Waals surface area contributed by atoms with Crippen LogP contribution in [0, 0.1) is 0 Å². The molecule has 1 aromatic carbocycles. The van der Waals surface area contributed by atoms with Crippen molar-refractivity contribution in [3.8, 4) is 11.1 Å². The zero-order chi connectivity index (χ0) is 17.6. The Kier molecular flexibility index (Phi) is 7.62. The fourth-order valence-electron chi connectivity index (χ4n) is 1.87. The standard InChI is InChI=1S/C14H12Cl3N3O.C2H6/c1-18-13-8(3-4-11(20-13)14(21)19-2)9-5-7(15)6-10(16)12(9)17;1-2/h3-6H,1-2H3,(H,18,20)(H,19,21);1-2H3. The molecule has 0 spiro atoms. The van der Waals surface area contributed by atoms with Crippen molar-refractivity contribution in [3.63, 3.8) is 0 Å². The molecule has 0 atom stereocenters. The van der Waals surface area contributed by atoms with Gasteiger partial charge in [0, 0.05) is 30.2 Å². The monoisotopic (exact) mass is 373 g/mol. The number of amides is 1. The Morgan fingerprint density at radius 1 is 1.04 bits per heavy atom. The molecule has 0 aliphatic carbocycles. The average molecular weight is 375 g/mol. The van der Waals surface area contributed by atoms with E-state index in [1.165, 1.54) is 0 Å². The summed E-state index contributed by atoms with van der Waals surface area (Å²) in [6.07, 6.45) is 0. The number of nitrogens with zero attached hydrogens (tertiary/aromatic N) is 1. The molecular weight excluding hydrogens is 357 g/mol. The molecule has 2 aromatic rings. The summed E-state index contributed by atoms with van der Waals surface area (Å²) in [5, 5.41) is 6.68.